The van der Waals surface area contributed by atoms with E-state index in [4.69, 9.17) is 21.6 Å². The number of H-pyrrole nitrogens is 2. The van der Waals surface area contributed by atoms with E-state index in [1.54, 1.807) is 6.20 Å². The largest absolute Gasteiger partial charge is 0.346 e. The molecule has 0 aliphatic rings. The summed E-state index contributed by atoms with van der Waals surface area (Å²) in [5.41, 5.74) is 24.9. The number of hydrogen-bond donors (Lipinski definition) is 10. The number of nitrogens with zero attached hydrogens (tertiary/aromatic N) is 8. The molecule has 0 radical (unpaired) electrons. The molecular formula is C83H89ClN18. The zero-order chi connectivity index (χ0) is 72.4. The van der Waals surface area contributed by atoms with E-state index in [0.29, 0.717) is 34.6 Å². The van der Waals surface area contributed by atoms with E-state index in [0.717, 1.165) is 113 Å². The maximum atomic E-state index is 6.24. The quantitative estimate of drug-likeness (QED) is 0.0434. The van der Waals surface area contributed by atoms with Gasteiger partial charge in [-0.2, -0.15) is 29.9 Å². The number of para-hydroxylation sites is 4. The molecule has 102 heavy (non-hydrogen) atoms. The molecule has 0 saturated carbocycles. The van der Waals surface area contributed by atoms with Crippen molar-refractivity contribution in [2.75, 3.05) is 42.5 Å². The summed E-state index contributed by atoms with van der Waals surface area (Å²) in [6, 6.07) is 61.5. The van der Waals surface area contributed by atoms with Crippen LogP contribution in [0.2, 0.25) is 5.02 Å². The number of aromatic nitrogens is 10. The van der Waals surface area contributed by atoms with Crippen molar-refractivity contribution in [3.05, 3.63) is 284 Å². The minimum Gasteiger partial charge on any atom is -0.346 e. The number of anilines is 16. The van der Waals surface area contributed by atoms with Crippen LogP contribution in [0.15, 0.2) is 207 Å². The molecule has 18 nitrogen and oxygen atoms in total. The van der Waals surface area contributed by atoms with Crippen molar-refractivity contribution in [1.29, 1.82) is 0 Å². The van der Waals surface area contributed by atoms with Crippen LogP contribution in [-0.4, -0.2) is 49.8 Å². The molecule has 0 spiro atoms. The van der Waals surface area contributed by atoms with E-state index in [9.17, 15) is 0 Å². The van der Waals surface area contributed by atoms with Crippen LogP contribution in [0, 0.1) is 90.0 Å². The highest BCUT2D eigenvalue weighted by atomic mass is 35.5. The van der Waals surface area contributed by atoms with Gasteiger partial charge in [-0.1, -0.05) is 169 Å². The van der Waals surface area contributed by atoms with Crippen LogP contribution in [0.3, 0.4) is 0 Å². The standard InChI is InChI=1S/2C21H21N5.C20H22N4.C19H19ClN4.C2H6/c2*1-13-8-9-18(15(3)12-13)24-21-25-19-16(10-11-22-19)20(26-21)23-17-7-5-4-6-14(17)2;1-13-9-10-18(15(3)11-13)23-20-21-12-16(4)19(24-20)22-17-8-6-5-7-14(17)2;1-12-8-9-17(14(3)10-12)23-19-21-11-15(20)18(24-19)22-16-7-5-4-6-13(16)2;1-2/h2*4-12H,1-3H3,(H3,22,23,24,25,26);5-12H,1-4H3,(H2,21,22,23,24);4-11H,1-3H3,(H2,21,22,23,24);1-2H3. The number of aryl methyl sites for hydroxylation is 13. The highest BCUT2D eigenvalue weighted by Gasteiger charge is 2.16. The lowest BCUT2D eigenvalue weighted by Gasteiger charge is -2.13. The second-order valence-corrected chi connectivity index (χ2v) is 25.3. The lowest BCUT2D eigenvalue weighted by molar-refractivity contribution is 1.13. The minimum absolute atomic E-state index is 0.476. The van der Waals surface area contributed by atoms with Crippen LogP contribution in [0.1, 0.15) is 86.2 Å². The second kappa shape index (κ2) is 34.1. The molecular weight excluding hydrogens is 1280 g/mol. The Balaban J connectivity index is 0.000000145. The van der Waals surface area contributed by atoms with Gasteiger partial charge in [0.2, 0.25) is 23.8 Å². The lowest BCUT2D eigenvalue weighted by atomic mass is 10.1. The first-order chi connectivity index (χ1) is 49.2. The number of nitrogens with one attached hydrogen (secondary N) is 10. The van der Waals surface area contributed by atoms with Crippen LogP contribution < -0.4 is 42.5 Å². The summed E-state index contributed by atoms with van der Waals surface area (Å²) in [7, 11) is 0. The minimum atomic E-state index is 0.476. The van der Waals surface area contributed by atoms with Crippen LogP contribution >= 0.6 is 11.6 Å². The van der Waals surface area contributed by atoms with Gasteiger partial charge in [-0.05, 0) is 195 Å². The summed E-state index contributed by atoms with van der Waals surface area (Å²) < 4.78 is 0. The third kappa shape index (κ3) is 19.2. The van der Waals surface area contributed by atoms with Crippen LogP contribution in [-0.2, 0) is 0 Å². The number of hydrogen-bond acceptors (Lipinski definition) is 16. The van der Waals surface area contributed by atoms with Crippen molar-refractivity contribution in [2.45, 2.75) is 104 Å². The first kappa shape index (κ1) is 72.6. The molecule has 0 aliphatic carbocycles. The maximum Gasteiger partial charge on any atom is 0.231 e. The second-order valence-electron chi connectivity index (χ2n) is 24.9. The summed E-state index contributed by atoms with van der Waals surface area (Å²) in [4.78, 5) is 42.8. The molecule has 19 heteroatoms. The predicted molar refractivity (Wildman–Crippen MR) is 428 cm³/mol. The summed E-state index contributed by atoms with van der Waals surface area (Å²) in [5, 5.41) is 29.2. The van der Waals surface area contributed by atoms with Gasteiger partial charge in [0, 0.05) is 69.7 Å². The smallest absolute Gasteiger partial charge is 0.231 e. The highest BCUT2D eigenvalue weighted by molar-refractivity contribution is 6.33. The molecule has 0 atom stereocenters. The average Bonchev–Trinajstić information content (AvgIpc) is 1.59. The monoisotopic (exact) mass is 1370 g/mol. The van der Waals surface area contributed by atoms with Gasteiger partial charge >= 0.3 is 0 Å². The SMILES string of the molecule is CC.Cc1ccc(Nc2nc(Nc3ccccc3C)c3cc[nH]c3n2)c(C)c1.Cc1ccc(Nc2nc(Nc3ccccc3C)c3cc[nH]c3n2)c(C)c1.Cc1ccc(Nc2ncc(C)c(Nc3ccccc3C)n2)c(C)c1.Cc1ccc(Nc2ncc(Cl)c(Nc3ccccc3C)n2)c(C)c1. The topological polar surface area (TPSA) is 231 Å². The molecule has 0 saturated heterocycles. The van der Waals surface area contributed by atoms with Gasteiger partial charge in [-0.15, -0.1) is 0 Å². The molecule has 6 aromatic heterocycles. The molecule has 0 unspecified atom stereocenters. The first-order valence-corrected chi connectivity index (χ1v) is 34.4. The highest BCUT2D eigenvalue weighted by Crippen LogP contribution is 2.33. The zero-order valence-electron chi connectivity index (χ0n) is 60.6. The maximum absolute atomic E-state index is 6.24. The van der Waals surface area contributed by atoms with Gasteiger partial charge in [-0.25, -0.2) is 9.97 Å². The summed E-state index contributed by atoms with van der Waals surface area (Å²) in [6.07, 6.45) is 7.19. The summed E-state index contributed by atoms with van der Waals surface area (Å²) in [6.45, 7) is 30.9. The Labute approximate surface area is 603 Å². The molecule has 14 aromatic rings. The zero-order valence-corrected chi connectivity index (χ0v) is 61.3. The first-order valence-electron chi connectivity index (χ1n) is 34.0. The average molecular weight is 1370 g/mol. The predicted octanol–water partition coefficient (Wildman–Crippen LogP) is 22.5. The molecule has 518 valence electrons. The Kier molecular flexibility index (Phi) is 24.3. The van der Waals surface area contributed by atoms with E-state index in [-0.39, 0.29) is 0 Å². The number of halogens is 1. The van der Waals surface area contributed by atoms with Gasteiger partial charge in [0.1, 0.15) is 33.8 Å². The van der Waals surface area contributed by atoms with Gasteiger partial charge in [0.05, 0.1) is 17.0 Å². The van der Waals surface area contributed by atoms with Crippen LogP contribution in [0.4, 0.5) is 92.6 Å². The number of benzene rings is 8. The fraction of sp³-hybridized carbons (Fsp3) is 0.181. The number of aromatic amines is 2. The van der Waals surface area contributed by atoms with Crippen molar-refractivity contribution in [3.63, 3.8) is 0 Å². The molecule has 8 aromatic carbocycles. The lowest BCUT2D eigenvalue weighted by Crippen LogP contribution is -2.04. The Bertz CT molecular complexity index is 4870. The van der Waals surface area contributed by atoms with Crippen molar-refractivity contribution < 1.29 is 0 Å². The molecule has 0 amide bonds. The molecule has 10 N–H and O–H groups in total. The molecule has 6 heterocycles. The van der Waals surface area contributed by atoms with Crippen molar-refractivity contribution in [1.82, 2.24) is 49.8 Å². The van der Waals surface area contributed by atoms with Crippen LogP contribution in [0.25, 0.3) is 22.1 Å². The number of rotatable bonds is 16. The summed E-state index contributed by atoms with van der Waals surface area (Å²) in [5.74, 6) is 5.15. The van der Waals surface area contributed by atoms with Gasteiger partial charge < -0.3 is 52.5 Å². The van der Waals surface area contributed by atoms with E-state index in [2.05, 4.69) is 243 Å². The Morgan fingerprint density at radius 3 is 0.892 bits per heavy atom. The van der Waals surface area contributed by atoms with Crippen molar-refractivity contribution in [3.8, 4) is 0 Å². The third-order valence-corrected chi connectivity index (χ3v) is 16.9. The Hall–Kier alpha value is -12.2. The fourth-order valence-electron chi connectivity index (χ4n) is 11.0. The summed E-state index contributed by atoms with van der Waals surface area (Å²) >= 11 is 6.24. The third-order valence-electron chi connectivity index (χ3n) is 16.7. The number of fused-ring (bicyclic) bond motifs is 2. The van der Waals surface area contributed by atoms with E-state index >= 15 is 0 Å². The van der Waals surface area contributed by atoms with Gasteiger partial charge in [0.15, 0.2) is 5.82 Å². The van der Waals surface area contributed by atoms with Gasteiger partial charge in [0.25, 0.3) is 0 Å². The molecule has 0 fully saturated rings. The molecule has 14 rings (SSSR count). The fourth-order valence-corrected chi connectivity index (χ4v) is 11.1. The Morgan fingerprint density at radius 2 is 0.549 bits per heavy atom. The van der Waals surface area contributed by atoms with Crippen molar-refractivity contribution in [2.24, 2.45) is 0 Å². The molecule has 0 aliphatic heterocycles. The van der Waals surface area contributed by atoms with E-state index in [1.165, 1.54) is 44.5 Å². The van der Waals surface area contributed by atoms with E-state index in [1.807, 2.05) is 143 Å². The van der Waals surface area contributed by atoms with E-state index < -0.39 is 0 Å². The van der Waals surface area contributed by atoms with Crippen LogP contribution in [0.5, 0.6) is 0 Å². The molecule has 0 bridgehead atoms. The van der Waals surface area contributed by atoms with Crippen molar-refractivity contribution >= 4 is 126 Å². The van der Waals surface area contributed by atoms with Gasteiger partial charge in [-0.3, -0.25) is 0 Å². The normalized spacial score (nSPS) is 10.5. The Morgan fingerprint density at radius 1 is 0.265 bits per heavy atom.